The summed E-state index contributed by atoms with van der Waals surface area (Å²) in [7, 11) is 0. The van der Waals surface area contributed by atoms with E-state index in [9.17, 15) is 0 Å². The van der Waals surface area contributed by atoms with Gasteiger partial charge >= 0.3 is 0 Å². The first kappa shape index (κ1) is 32.0. The van der Waals surface area contributed by atoms with Gasteiger partial charge in [-0.1, -0.05) is 170 Å². The number of hydrogen-bond donors (Lipinski definition) is 0. The molecule has 53 heavy (non-hydrogen) atoms. The number of benzene rings is 9. The summed E-state index contributed by atoms with van der Waals surface area (Å²) in [4.78, 5) is 2.35. The van der Waals surface area contributed by atoms with Crippen molar-refractivity contribution in [3.8, 4) is 55.6 Å². The van der Waals surface area contributed by atoms with Gasteiger partial charge in [-0.15, -0.1) is 0 Å². The van der Waals surface area contributed by atoms with E-state index in [1.807, 2.05) is 0 Å². The molecule has 0 radical (unpaired) electrons. The maximum absolute atomic E-state index is 2.35. The largest absolute Gasteiger partial charge is 0.310 e. The summed E-state index contributed by atoms with van der Waals surface area (Å²) < 4.78 is 0. The van der Waals surface area contributed by atoms with Crippen molar-refractivity contribution in [2.24, 2.45) is 0 Å². The third-order valence-corrected chi connectivity index (χ3v) is 10.0. The van der Waals surface area contributed by atoms with E-state index in [4.69, 9.17) is 0 Å². The molecule has 250 valence electrons. The molecule has 1 heteroatoms. The van der Waals surface area contributed by atoms with Crippen LogP contribution in [0.4, 0.5) is 17.1 Å². The maximum Gasteiger partial charge on any atom is 0.0467 e. The highest BCUT2D eigenvalue weighted by Gasteiger charge is 2.15. The zero-order valence-electron chi connectivity index (χ0n) is 29.3. The molecule has 0 saturated heterocycles. The van der Waals surface area contributed by atoms with Crippen LogP contribution in [0.2, 0.25) is 0 Å². The Morgan fingerprint density at radius 1 is 0.189 bits per heavy atom. The molecule has 9 rings (SSSR count). The Kier molecular flexibility index (Phi) is 8.66. The normalized spacial score (nSPS) is 11.0. The number of rotatable bonds is 8. The first-order valence-electron chi connectivity index (χ1n) is 18.2. The lowest BCUT2D eigenvalue weighted by Gasteiger charge is -2.26. The van der Waals surface area contributed by atoms with Crippen LogP contribution in [0.5, 0.6) is 0 Å². The Labute approximate surface area is 311 Å². The van der Waals surface area contributed by atoms with Crippen LogP contribution in [0.3, 0.4) is 0 Å². The minimum Gasteiger partial charge on any atom is -0.310 e. The summed E-state index contributed by atoms with van der Waals surface area (Å²) in [6, 6.07) is 80.8. The molecule has 9 aromatic rings. The Morgan fingerprint density at radius 3 is 1.11 bits per heavy atom. The number of fused-ring (bicyclic) bond motifs is 1. The average Bonchev–Trinajstić information content (AvgIpc) is 3.25. The molecule has 0 aliphatic heterocycles. The summed E-state index contributed by atoms with van der Waals surface area (Å²) in [6.45, 7) is 0. The second-order valence-electron chi connectivity index (χ2n) is 13.4. The summed E-state index contributed by atoms with van der Waals surface area (Å²) in [5.74, 6) is 0. The molecular formula is C52H37N. The van der Waals surface area contributed by atoms with Crippen molar-refractivity contribution in [1.82, 2.24) is 0 Å². The first-order chi connectivity index (χ1) is 26.2. The van der Waals surface area contributed by atoms with Gasteiger partial charge in [0.15, 0.2) is 0 Å². The molecule has 0 amide bonds. The molecule has 0 saturated carbocycles. The van der Waals surface area contributed by atoms with Gasteiger partial charge in [-0.05, 0) is 121 Å². The van der Waals surface area contributed by atoms with Crippen LogP contribution in [-0.4, -0.2) is 0 Å². The third kappa shape index (κ3) is 6.77. The fraction of sp³-hybridized carbons (Fsp3) is 0. The van der Waals surface area contributed by atoms with Crippen LogP contribution in [0.25, 0.3) is 66.4 Å². The quantitative estimate of drug-likeness (QED) is 0.155. The highest BCUT2D eigenvalue weighted by atomic mass is 15.1. The van der Waals surface area contributed by atoms with Crippen molar-refractivity contribution in [2.45, 2.75) is 0 Å². The number of nitrogens with zero attached hydrogens (tertiary/aromatic N) is 1. The van der Waals surface area contributed by atoms with Crippen molar-refractivity contribution < 1.29 is 0 Å². The summed E-state index contributed by atoms with van der Waals surface area (Å²) in [5, 5.41) is 2.52. The smallest absolute Gasteiger partial charge is 0.0467 e. The van der Waals surface area contributed by atoms with Crippen molar-refractivity contribution in [2.75, 3.05) is 4.90 Å². The molecule has 9 aromatic carbocycles. The van der Waals surface area contributed by atoms with Crippen molar-refractivity contribution in [3.63, 3.8) is 0 Å². The van der Waals surface area contributed by atoms with E-state index < -0.39 is 0 Å². The second kappa shape index (κ2) is 14.3. The van der Waals surface area contributed by atoms with Gasteiger partial charge in [-0.25, -0.2) is 0 Å². The van der Waals surface area contributed by atoms with Gasteiger partial charge in [0.25, 0.3) is 0 Å². The van der Waals surface area contributed by atoms with E-state index in [0.29, 0.717) is 0 Å². The van der Waals surface area contributed by atoms with Crippen LogP contribution in [0.1, 0.15) is 0 Å². The molecule has 0 N–H and O–H groups in total. The van der Waals surface area contributed by atoms with Crippen LogP contribution >= 0.6 is 0 Å². The molecule has 1 nitrogen and oxygen atoms in total. The fourth-order valence-electron chi connectivity index (χ4n) is 7.26. The van der Waals surface area contributed by atoms with Crippen LogP contribution in [-0.2, 0) is 0 Å². The summed E-state index contributed by atoms with van der Waals surface area (Å²) in [6.07, 6.45) is 0. The molecule has 0 aliphatic carbocycles. The predicted molar refractivity (Wildman–Crippen MR) is 226 cm³/mol. The molecule has 0 aliphatic rings. The summed E-state index contributed by atoms with van der Waals surface area (Å²) >= 11 is 0. The minimum absolute atomic E-state index is 1.10. The van der Waals surface area contributed by atoms with E-state index in [1.165, 1.54) is 66.4 Å². The van der Waals surface area contributed by atoms with E-state index in [-0.39, 0.29) is 0 Å². The summed E-state index contributed by atoms with van der Waals surface area (Å²) in [5.41, 5.74) is 15.3. The van der Waals surface area contributed by atoms with Crippen molar-refractivity contribution >= 4 is 27.8 Å². The van der Waals surface area contributed by atoms with Gasteiger partial charge in [-0.3, -0.25) is 0 Å². The van der Waals surface area contributed by atoms with Gasteiger partial charge in [0.05, 0.1) is 0 Å². The second-order valence-corrected chi connectivity index (χ2v) is 13.4. The number of hydrogen-bond acceptors (Lipinski definition) is 1. The molecule has 0 aromatic heterocycles. The average molecular weight is 676 g/mol. The Bertz CT molecular complexity index is 2640. The standard InChI is InChI=1S/C52H37N/c1-3-12-38(13-4-1)41-26-30-50(31-27-41)53(52-23-11-22-48(37-52)39-14-5-2-6-15-39)51-32-28-42(29-33-51)44-18-9-19-45(34-44)46-20-10-21-47(36-46)49-25-24-40-16-7-8-17-43(40)35-49/h1-37H. The van der Waals surface area contributed by atoms with Crippen LogP contribution in [0, 0.1) is 0 Å². The topological polar surface area (TPSA) is 3.24 Å². The monoisotopic (exact) mass is 675 g/mol. The van der Waals surface area contributed by atoms with Gasteiger partial charge in [-0.2, -0.15) is 0 Å². The minimum atomic E-state index is 1.10. The van der Waals surface area contributed by atoms with E-state index in [0.717, 1.165) is 17.1 Å². The fourth-order valence-corrected chi connectivity index (χ4v) is 7.26. The zero-order chi connectivity index (χ0) is 35.4. The molecular weight excluding hydrogens is 639 g/mol. The highest BCUT2D eigenvalue weighted by Crippen LogP contribution is 2.39. The lowest BCUT2D eigenvalue weighted by Crippen LogP contribution is -2.10. The van der Waals surface area contributed by atoms with Crippen molar-refractivity contribution in [3.05, 3.63) is 224 Å². The van der Waals surface area contributed by atoms with Gasteiger partial charge in [0.1, 0.15) is 0 Å². The number of anilines is 3. The molecule has 0 unspecified atom stereocenters. The highest BCUT2D eigenvalue weighted by molar-refractivity contribution is 5.88. The Hall–Kier alpha value is -6.96. The maximum atomic E-state index is 2.35. The van der Waals surface area contributed by atoms with Gasteiger partial charge in [0.2, 0.25) is 0 Å². The van der Waals surface area contributed by atoms with Crippen molar-refractivity contribution in [1.29, 1.82) is 0 Å². The lowest BCUT2D eigenvalue weighted by atomic mass is 9.95. The van der Waals surface area contributed by atoms with E-state index >= 15 is 0 Å². The van der Waals surface area contributed by atoms with E-state index in [1.54, 1.807) is 0 Å². The molecule has 0 heterocycles. The molecule has 0 atom stereocenters. The molecule has 0 bridgehead atoms. The van der Waals surface area contributed by atoms with Crippen LogP contribution in [0.15, 0.2) is 224 Å². The Morgan fingerprint density at radius 2 is 0.547 bits per heavy atom. The van der Waals surface area contributed by atoms with Gasteiger partial charge < -0.3 is 4.90 Å². The third-order valence-electron chi connectivity index (χ3n) is 10.0. The van der Waals surface area contributed by atoms with Gasteiger partial charge in [0, 0.05) is 17.1 Å². The Balaban J connectivity index is 1.05. The first-order valence-corrected chi connectivity index (χ1v) is 18.2. The lowest BCUT2D eigenvalue weighted by molar-refractivity contribution is 1.28. The van der Waals surface area contributed by atoms with E-state index in [2.05, 4.69) is 229 Å². The molecule has 0 fully saturated rings. The zero-order valence-corrected chi connectivity index (χ0v) is 29.3. The molecule has 0 spiro atoms. The predicted octanol–water partition coefficient (Wildman–Crippen LogP) is 14.6. The SMILES string of the molecule is c1ccc(-c2ccc(N(c3ccc(-c4cccc(-c5cccc(-c6ccc7ccccc7c6)c5)c4)cc3)c3cccc(-c4ccccc4)c3)cc2)cc1. The van der Waals surface area contributed by atoms with Crippen LogP contribution < -0.4 is 4.90 Å².